The lowest BCUT2D eigenvalue weighted by molar-refractivity contribution is 0.186. The smallest absolute Gasteiger partial charge is 0.144 e. The van der Waals surface area contributed by atoms with Crippen LogP contribution in [-0.2, 0) is 0 Å². The zero-order valence-electron chi connectivity index (χ0n) is 8.36. The van der Waals surface area contributed by atoms with E-state index in [4.69, 9.17) is 12.2 Å². The summed E-state index contributed by atoms with van der Waals surface area (Å²) in [4.78, 5) is 0. The second kappa shape index (κ2) is 5.65. The van der Waals surface area contributed by atoms with E-state index in [0.29, 0.717) is 10.5 Å². The molecule has 0 aliphatic carbocycles. The van der Waals surface area contributed by atoms with Crippen LogP contribution in [0, 0.1) is 4.64 Å². The maximum Gasteiger partial charge on any atom is 0.144 e. The third-order valence-electron chi connectivity index (χ3n) is 2.02. The Labute approximate surface area is 89.3 Å². The highest BCUT2D eigenvalue weighted by Gasteiger charge is 1.96. The average molecular weight is 212 g/mol. The maximum absolute atomic E-state index is 9.50. The van der Waals surface area contributed by atoms with E-state index in [0.717, 1.165) is 17.7 Å². The first-order valence-corrected chi connectivity index (χ1v) is 5.31. The SMILES string of the molecule is CCCCCNc1cccc(=S)n1O. The fourth-order valence-electron chi connectivity index (χ4n) is 1.21. The third-order valence-corrected chi connectivity index (χ3v) is 2.33. The molecule has 14 heavy (non-hydrogen) atoms. The van der Waals surface area contributed by atoms with E-state index in [1.807, 2.05) is 12.1 Å². The van der Waals surface area contributed by atoms with E-state index in [9.17, 15) is 5.21 Å². The van der Waals surface area contributed by atoms with Gasteiger partial charge in [-0.3, -0.25) is 0 Å². The first-order chi connectivity index (χ1) is 6.75. The molecule has 0 aliphatic heterocycles. The molecular formula is C10H16N2OS. The van der Waals surface area contributed by atoms with Crippen molar-refractivity contribution in [2.45, 2.75) is 26.2 Å². The topological polar surface area (TPSA) is 37.2 Å². The van der Waals surface area contributed by atoms with Crippen molar-refractivity contribution < 1.29 is 5.21 Å². The van der Waals surface area contributed by atoms with Gasteiger partial charge in [-0.1, -0.05) is 38.0 Å². The van der Waals surface area contributed by atoms with Gasteiger partial charge in [0.15, 0.2) is 0 Å². The van der Waals surface area contributed by atoms with Crippen molar-refractivity contribution >= 4 is 18.0 Å². The standard InChI is InChI=1S/C10H16N2OS/c1-2-3-4-8-11-9-6-5-7-10(14)12(9)13/h5-7,11,13H,2-4,8H2,1H3. The van der Waals surface area contributed by atoms with E-state index >= 15 is 0 Å². The van der Waals surface area contributed by atoms with Gasteiger partial charge in [-0.05, 0) is 18.6 Å². The van der Waals surface area contributed by atoms with Gasteiger partial charge in [0, 0.05) is 6.54 Å². The van der Waals surface area contributed by atoms with E-state index in [1.54, 1.807) is 6.07 Å². The highest BCUT2D eigenvalue weighted by Crippen LogP contribution is 2.06. The Morgan fingerprint density at radius 3 is 2.93 bits per heavy atom. The highest BCUT2D eigenvalue weighted by atomic mass is 32.1. The quantitative estimate of drug-likeness (QED) is 0.447. The molecule has 0 fully saturated rings. The van der Waals surface area contributed by atoms with Crippen LogP contribution < -0.4 is 5.32 Å². The Balaban J connectivity index is 2.51. The summed E-state index contributed by atoms with van der Waals surface area (Å²) >= 11 is 4.92. The molecule has 1 rings (SSSR count). The zero-order valence-corrected chi connectivity index (χ0v) is 9.18. The predicted octanol–water partition coefficient (Wildman–Crippen LogP) is 3.06. The Kier molecular flexibility index (Phi) is 4.46. The van der Waals surface area contributed by atoms with E-state index < -0.39 is 0 Å². The van der Waals surface area contributed by atoms with E-state index in [1.165, 1.54) is 12.8 Å². The van der Waals surface area contributed by atoms with Gasteiger partial charge in [-0.15, -0.1) is 0 Å². The zero-order chi connectivity index (χ0) is 10.4. The number of nitrogens with zero attached hydrogens (tertiary/aromatic N) is 1. The largest absolute Gasteiger partial charge is 0.426 e. The van der Waals surface area contributed by atoms with Crippen LogP contribution >= 0.6 is 12.2 Å². The summed E-state index contributed by atoms with van der Waals surface area (Å²) < 4.78 is 1.42. The summed E-state index contributed by atoms with van der Waals surface area (Å²) in [5, 5.41) is 12.6. The van der Waals surface area contributed by atoms with Crippen LogP contribution in [0.3, 0.4) is 0 Å². The van der Waals surface area contributed by atoms with Gasteiger partial charge < -0.3 is 10.5 Å². The molecule has 0 aliphatic rings. The van der Waals surface area contributed by atoms with Crippen LogP contribution in [0.15, 0.2) is 18.2 Å². The molecule has 0 bridgehead atoms. The van der Waals surface area contributed by atoms with Crippen molar-refractivity contribution in [1.29, 1.82) is 0 Å². The summed E-state index contributed by atoms with van der Waals surface area (Å²) in [6, 6.07) is 5.32. The molecule has 0 saturated carbocycles. The second-order valence-electron chi connectivity index (χ2n) is 3.19. The molecule has 0 saturated heterocycles. The molecule has 0 unspecified atom stereocenters. The summed E-state index contributed by atoms with van der Waals surface area (Å²) in [6.45, 7) is 3.03. The molecule has 4 heteroatoms. The van der Waals surface area contributed by atoms with Crippen LogP contribution in [0.25, 0.3) is 0 Å². The lowest BCUT2D eigenvalue weighted by Gasteiger charge is -2.09. The lowest BCUT2D eigenvalue weighted by Crippen LogP contribution is -2.08. The molecule has 0 amide bonds. The van der Waals surface area contributed by atoms with Gasteiger partial charge in [0.1, 0.15) is 10.5 Å². The lowest BCUT2D eigenvalue weighted by atomic mass is 10.2. The van der Waals surface area contributed by atoms with Crippen molar-refractivity contribution in [2.24, 2.45) is 0 Å². The Bertz CT molecular complexity index is 335. The number of anilines is 1. The maximum atomic E-state index is 9.50. The monoisotopic (exact) mass is 212 g/mol. The molecule has 0 atom stereocenters. The van der Waals surface area contributed by atoms with Crippen LogP contribution in [0.5, 0.6) is 0 Å². The van der Waals surface area contributed by atoms with E-state index in [2.05, 4.69) is 12.2 Å². The molecule has 1 heterocycles. The molecule has 1 aromatic heterocycles. The fourth-order valence-corrected chi connectivity index (χ4v) is 1.38. The Hall–Kier alpha value is -1.03. The fraction of sp³-hybridized carbons (Fsp3) is 0.500. The summed E-state index contributed by atoms with van der Waals surface area (Å²) in [5.74, 6) is 0.661. The molecule has 0 radical (unpaired) electrons. The average Bonchev–Trinajstić information content (AvgIpc) is 2.19. The minimum atomic E-state index is 0.422. The van der Waals surface area contributed by atoms with Crippen molar-refractivity contribution in [3.63, 3.8) is 0 Å². The van der Waals surface area contributed by atoms with Crippen molar-refractivity contribution in [3.05, 3.63) is 22.8 Å². The van der Waals surface area contributed by atoms with Crippen molar-refractivity contribution in [3.8, 4) is 0 Å². The number of hydrogen-bond acceptors (Lipinski definition) is 3. The number of pyridine rings is 1. The first kappa shape index (κ1) is 11.0. The molecule has 1 aromatic rings. The molecule has 2 N–H and O–H groups in total. The van der Waals surface area contributed by atoms with Gasteiger partial charge in [-0.2, -0.15) is 4.73 Å². The van der Waals surface area contributed by atoms with Gasteiger partial charge in [0.25, 0.3) is 0 Å². The number of aromatic nitrogens is 1. The predicted molar refractivity (Wildman–Crippen MR) is 60.5 cm³/mol. The van der Waals surface area contributed by atoms with Crippen molar-refractivity contribution in [1.82, 2.24) is 4.73 Å². The number of rotatable bonds is 5. The minimum absolute atomic E-state index is 0.422. The van der Waals surface area contributed by atoms with Gasteiger partial charge in [0.2, 0.25) is 0 Å². The molecule has 0 spiro atoms. The van der Waals surface area contributed by atoms with E-state index in [-0.39, 0.29) is 0 Å². The molecule has 78 valence electrons. The number of unbranched alkanes of at least 4 members (excludes halogenated alkanes) is 2. The van der Waals surface area contributed by atoms with Crippen LogP contribution in [-0.4, -0.2) is 16.5 Å². The third kappa shape index (κ3) is 3.03. The highest BCUT2D eigenvalue weighted by molar-refractivity contribution is 7.71. The minimum Gasteiger partial charge on any atom is -0.426 e. The summed E-state index contributed by atoms with van der Waals surface area (Å²) in [6.07, 6.45) is 3.51. The Morgan fingerprint density at radius 1 is 1.43 bits per heavy atom. The van der Waals surface area contributed by atoms with Crippen molar-refractivity contribution in [2.75, 3.05) is 11.9 Å². The number of hydrogen-bond donors (Lipinski definition) is 2. The van der Waals surface area contributed by atoms with Crippen LogP contribution in [0.4, 0.5) is 5.82 Å². The van der Waals surface area contributed by atoms with Crippen LogP contribution in [0.2, 0.25) is 0 Å². The normalized spacial score (nSPS) is 10.1. The summed E-state index contributed by atoms with van der Waals surface area (Å²) in [5.41, 5.74) is 0. The first-order valence-electron chi connectivity index (χ1n) is 4.91. The molecule has 3 nitrogen and oxygen atoms in total. The van der Waals surface area contributed by atoms with Gasteiger partial charge in [-0.25, -0.2) is 0 Å². The Morgan fingerprint density at radius 2 is 2.21 bits per heavy atom. The van der Waals surface area contributed by atoms with Crippen LogP contribution in [0.1, 0.15) is 26.2 Å². The molecular weight excluding hydrogens is 196 g/mol. The molecule has 0 aromatic carbocycles. The summed E-state index contributed by atoms with van der Waals surface area (Å²) in [7, 11) is 0. The van der Waals surface area contributed by atoms with Gasteiger partial charge in [0.05, 0.1) is 0 Å². The number of nitrogens with one attached hydrogen (secondary N) is 1. The second-order valence-corrected chi connectivity index (χ2v) is 3.61. The van der Waals surface area contributed by atoms with Gasteiger partial charge >= 0.3 is 0 Å².